The number of aromatic nitrogens is 2. The second-order valence-electron chi connectivity index (χ2n) is 10.4. The molecular formula is C27H34BCl2N3O3. The predicted octanol–water partition coefficient (Wildman–Crippen LogP) is 5.80. The molecule has 0 atom stereocenters. The Bertz CT molecular complexity index is 1240. The van der Waals surface area contributed by atoms with Gasteiger partial charge in [0.25, 0.3) is 0 Å². The highest BCUT2D eigenvalue weighted by Crippen LogP contribution is 2.37. The Labute approximate surface area is 224 Å². The van der Waals surface area contributed by atoms with Crippen LogP contribution in [0.15, 0.2) is 36.5 Å². The summed E-state index contributed by atoms with van der Waals surface area (Å²) in [5.74, 6) is 0.0617. The van der Waals surface area contributed by atoms with Crippen molar-refractivity contribution in [3.05, 3.63) is 52.3 Å². The lowest BCUT2D eigenvalue weighted by atomic mass is 9.78. The minimum Gasteiger partial charge on any atom is -0.399 e. The van der Waals surface area contributed by atoms with Gasteiger partial charge in [-0.2, -0.15) is 0 Å². The third kappa shape index (κ3) is 5.17. The fourth-order valence-electron chi connectivity index (χ4n) is 4.45. The summed E-state index contributed by atoms with van der Waals surface area (Å²) in [5, 5.41) is 0.926. The van der Waals surface area contributed by atoms with Gasteiger partial charge in [0, 0.05) is 24.8 Å². The Morgan fingerprint density at radius 3 is 2.17 bits per heavy atom. The standard InChI is InChI=1S/C27H34BCl2N3O3/c1-7-13-32(14-8-2)23(34)16-22-24(31-25-21(30)15-20(29)17-33(22)25)18-9-11-19(12-10-18)28-35-26(3,4)27(5,6)36-28/h9-12,15,17H,7-8,13-14,16H2,1-6H3. The molecule has 3 aromatic rings. The molecule has 0 saturated carbocycles. The summed E-state index contributed by atoms with van der Waals surface area (Å²) < 4.78 is 14.2. The first-order valence-electron chi connectivity index (χ1n) is 12.6. The van der Waals surface area contributed by atoms with Gasteiger partial charge < -0.3 is 18.6 Å². The summed E-state index contributed by atoms with van der Waals surface area (Å²) in [4.78, 5) is 20.1. The molecule has 6 nitrogen and oxygen atoms in total. The van der Waals surface area contributed by atoms with Crippen molar-refractivity contribution in [2.24, 2.45) is 0 Å². The normalized spacial score (nSPS) is 16.6. The highest BCUT2D eigenvalue weighted by molar-refractivity contribution is 6.62. The van der Waals surface area contributed by atoms with E-state index in [1.54, 1.807) is 12.3 Å². The molecule has 1 aromatic carbocycles. The zero-order chi connectivity index (χ0) is 26.3. The number of hydrogen-bond acceptors (Lipinski definition) is 4. The van der Waals surface area contributed by atoms with E-state index in [-0.39, 0.29) is 12.3 Å². The highest BCUT2D eigenvalue weighted by Gasteiger charge is 2.51. The number of imidazole rings is 1. The summed E-state index contributed by atoms with van der Waals surface area (Å²) >= 11 is 12.8. The molecular weight excluding hydrogens is 496 g/mol. The zero-order valence-corrected chi connectivity index (χ0v) is 23.4. The minimum absolute atomic E-state index is 0.0617. The van der Waals surface area contributed by atoms with Crippen molar-refractivity contribution in [2.75, 3.05) is 13.1 Å². The lowest BCUT2D eigenvalue weighted by Crippen LogP contribution is -2.41. The first-order valence-corrected chi connectivity index (χ1v) is 13.3. The predicted molar refractivity (Wildman–Crippen MR) is 147 cm³/mol. The van der Waals surface area contributed by atoms with E-state index in [4.69, 9.17) is 37.5 Å². The van der Waals surface area contributed by atoms with E-state index in [0.29, 0.717) is 21.4 Å². The fourth-order valence-corrected chi connectivity index (χ4v) is 4.97. The van der Waals surface area contributed by atoms with Crippen LogP contribution in [-0.2, 0) is 20.5 Å². The second kappa shape index (κ2) is 10.4. The van der Waals surface area contributed by atoms with Crippen LogP contribution in [0.2, 0.25) is 10.0 Å². The smallest absolute Gasteiger partial charge is 0.399 e. The Balaban J connectivity index is 1.72. The summed E-state index contributed by atoms with van der Waals surface area (Å²) in [6.07, 6.45) is 3.78. The molecule has 1 amide bonds. The van der Waals surface area contributed by atoms with Gasteiger partial charge >= 0.3 is 7.12 Å². The maximum atomic E-state index is 13.3. The number of carbonyl (C=O) groups excluding carboxylic acids is 1. The second-order valence-corrected chi connectivity index (χ2v) is 11.2. The molecule has 2 aromatic heterocycles. The van der Waals surface area contributed by atoms with Gasteiger partial charge in [-0.15, -0.1) is 0 Å². The average molecular weight is 530 g/mol. The highest BCUT2D eigenvalue weighted by atomic mass is 35.5. The number of hydrogen-bond donors (Lipinski definition) is 0. The first kappa shape index (κ1) is 27.0. The van der Waals surface area contributed by atoms with Crippen LogP contribution in [0.25, 0.3) is 16.9 Å². The third-order valence-electron chi connectivity index (χ3n) is 7.11. The number of benzene rings is 1. The summed E-state index contributed by atoms with van der Waals surface area (Å²) in [7, 11) is -0.448. The van der Waals surface area contributed by atoms with Gasteiger partial charge in [-0.1, -0.05) is 61.3 Å². The van der Waals surface area contributed by atoms with E-state index in [1.807, 2.05) is 61.3 Å². The van der Waals surface area contributed by atoms with Gasteiger partial charge in [0.15, 0.2) is 5.65 Å². The van der Waals surface area contributed by atoms with Gasteiger partial charge in [0.1, 0.15) is 0 Å². The van der Waals surface area contributed by atoms with Crippen molar-refractivity contribution >= 4 is 47.3 Å². The SMILES string of the molecule is CCCN(CCC)C(=O)Cc1c(-c2ccc(B3OC(C)(C)C(C)(C)O3)cc2)nc2c(Cl)cc(Cl)cn12. The van der Waals surface area contributed by atoms with Gasteiger partial charge in [0.2, 0.25) is 5.91 Å². The average Bonchev–Trinajstić information content (AvgIpc) is 3.27. The molecule has 1 fully saturated rings. The van der Waals surface area contributed by atoms with Crippen molar-refractivity contribution in [1.29, 1.82) is 0 Å². The molecule has 0 unspecified atom stereocenters. The van der Waals surface area contributed by atoms with Crippen molar-refractivity contribution in [3.8, 4) is 11.3 Å². The van der Waals surface area contributed by atoms with Crippen molar-refractivity contribution in [1.82, 2.24) is 14.3 Å². The molecule has 1 aliphatic rings. The van der Waals surface area contributed by atoms with Crippen molar-refractivity contribution in [3.63, 3.8) is 0 Å². The summed E-state index contributed by atoms with van der Waals surface area (Å²) in [6, 6.07) is 9.62. The molecule has 0 bridgehead atoms. The molecule has 0 N–H and O–H groups in total. The Morgan fingerprint density at radius 2 is 1.61 bits per heavy atom. The van der Waals surface area contributed by atoms with Crippen molar-refractivity contribution in [2.45, 2.75) is 72.0 Å². The van der Waals surface area contributed by atoms with E-state index in [0.717, 1.165) is 42.7 Å². The monoisotopic (exact) mass is 529 g/mol. The van der Waals surface area contributed by atoms with Gasteiger partial charge in [-0.25, -0.2) is 4.98 Å². The van der Waals surface area contributed by atoms with Crippen LogP contribution in [-0.4, -0.2) is 51.6 Å². The molecule has 0 aliphatic carbocycles. The number of amides is 1. The van der Waals surface area contributed by atoms with Crippen LogP contribution in [0.4, 0.5) is 0 Å². The molecule has 0 spiro atoms. The molecule has 1 saturated heterocycles. The molecule has 0 radical (unpaired) electrons. The quantitative estimate of drug-likeness (QED) is 0.346. The zero-order valence-electron chi connectivity index (χ0n) is 21.9. The van der Waals surface area contributed by atoms with Crippen molar-refractivity contribution < 1.29 is 14.1 Å². The molecule has 1 aliphatic heterocycles. The molecule has 36 heavy (non-hydrogen) atoms. The Hall–Kier alpha value is -2.06. The molecule has 9 heteroatoms. The number of halogens is 2. The van der Waals surface area contributed by atoms with Gasteiger partial charge in [-0.3, -0.25) is 4.79 Å². The fraction of sp³-hybridized carbons (Fsp3) is 0.481. The molecule has 192 valence electrons. The Morgan fingerprint density at radius 1 is 1.03 bits per heavy atom. The van der Waals surface area contributed by atoms with Gasteiger partial charge in [0.05, 0.1) is 39.1 Å². The van der Waals surface area contributed by atoms with Crippen LogP contribution in [0.5, 0.6) is 0 Å². The van der Waals surface area contributed by atoms with E-state index in [1.165, 1.54) is 0 Å². The van der Waals surface area contributed by atoms with Crippen LogP contribution in [0.1, 0.15) is 60.1 Å². The Kier molecular flexibility index (Phi) is 7.77. The van der Waals surface area contributed by atoms with Gasteiger partial charge in [-0.05, 0) is 52.1 Å². The van der Waals surface area contributed by atoms with Crippen LogP contribution in [0.3, 0.4) is 0 Å². The number of fused-ring (bicyclic) bond motifs is 1. The number of nitrogens with zero attached hydrogens (tertiary/aromatic N) is 3. The van der Waals surface area contributed by atoms with E-state index in [2.05, 4.69) is 13.8 Å². The minimum atomic E-state index is -0.448. The van der Waals surface area contributed by atoms with E-state index in [9.17, 15) is 4.79 Å². The maximum Gasteiger partial charge on any atom is 0.494 e. The van der Waals surface area contributed by atoms with Crippen LogP contribution < -0.4 is 5.46 Å². The largest absolute Gasteiger partial charge is 0.494 e. The van der Waals surface area contributed by atoms with Crippen LogP contribution in [0, 0.1) is 0 Å². The maximum absolute atomic E-state index is 13.3. The third-order valence-corrected chi connectivity index (χ3v) is 7.59. The lowest BCUT2D eigenvalue weighted by molar-refractivity contribution is -0.130. The number of pyridine rings is 1. The van der Waals surface area contributed by atoms with Crippen LogP contribution >= 0.6 is 23.2 Å². The molecule has 3 heterocycles. The topological polar surface area (TPSA) is 56.1 Å². The number of rotatable bonds is 8. The lowest BCUT2D eigenvalue weighted by Gasteiger charge is -2.32. The first-order chi connectivity index (χ1) is 17.0. The van der Waals surface area contributed by atoms with E-state index < -0.39 is 18.3 Å². The summed E-state index contributed by atoms with van der Waals surface area (Å²) in [6.45, 7) is 13.8. The molecule has 4 rings (SSSR count). The van der Waals surface area contributed by atoms with E-state index >= 15 is 0 Å². The number of carbonyl (C=O) groups is 1. The summed E-state index contributed by atoms with van der Waals surface area (Å²) in [5.41, 5.74) is 3.03.